The summed E-state index contributed by atoms with van der Waals surface area (Å²) >= 11 is 0. The number of methoxy groups -OCH3 is 2. The molecule has 0 spiro atoms. The fourth-order valence-corrected chi connectivity index (χ4v) is 7.09. The first-order valence-electron chi connectivity index (χ1n) is 13.4. The third kappa shape index (κ3) is 3.49. The second kappa shape index (κ2) is 8.89. The van der Waals surface area contributed by atoms with Crippen LogP contribution in [0.15, 0.2) is 47.5 Å². The summed E-state index contributed by atoms with van der Waals surface area (Å²) in [5.74, 6) is -0.835. The normalized spacial score (nSPS) is 27.9. The van der Waals surface area contributed by atoms with Gasteiger partial charge >= 0.3 is 0 Å². The van der Waals surface area contributed by atoms with Crippen LogP contribution in [-0.2, 0) is 21.5 Å². The van der Waals surface area contributed by atoms with Crippen molar-refractivity contribution in [2.45, 2.75) is 63.4 Å². The number of ketones is 2. The number of aromatic hydroxyl groups is 2. The van der Waals surface area contributed by atoms with Crippen molar-refractivity contribution in [1.29, 1.82) is 0 Å². The standard InChI is InChI=1S/C32H32O8/c1-15-11-21-24(16(2)40-15)29(35)27-19(7-6-8-23(27)38-4)32(21,39-5)20-10-9-17-12-18-13-31(3,37)14-22(33)25(18)30(36)26(17)28(20)34/h6-10,12,15-16,34,36-37H,11,13-14H2,1-5H3/t15-,16+,31-,32?/m0/s1. The lowest BCUT2D eigenvalue weighted by molar-refractivity contribution is -0.0131. The minimum absolute atomic E-state index is 0.104. The van der Waals surface area contributed by atoms with Gasteiger partial charge in [-0.25, -0.2) is 0 Å². The molecule has 0 radical (unpaired) electrons. The summed E-state index contributed by atoms with van der Waals surface area (Å²) in [6, 6.07) is 10.5. The Morgan fingerprint density at radius 2 is 1.73 bits per heavy atom. The maximum atomic E-state index is 13.9. The molecule has 0 bridgehead atoms. The van der Waals surface area contributed by atoms with E-state index in [1.54, 1.807) is 43.3 Å². The molecule has 4 atom stereocenters. The minimum Gasteiger partial charge on any atom is -0.507 e. The Kier molecular flexibility index (Phi) is 5.89. The molecule has 8 nitrogen and oxygen atoms in total. The first-order valence-corrected chi connectivity index (χ1v) is 13.4. The summed E-state index contributed by atoms with van der Waals surface area (Å²) in [6.45, 7) is 5.34. The van der Waals surface area contributed by atoms with Crippen molar-refractivity contribution >= 4 is 22.3 Å². The van der Waals surface area contributed by atoms with Crippen molar-refractivity contribution in [2.24, 2.45) is 0 Å². The topological polar surface area (TPSA) is 123 Å². The number of Topliss-reactive ketones (excluding diaryl/α,β-unsaturated/α-hetero) is 2. The van der Waals surface area contributed by atoms with Gasteiger partial charge in [0.25, 0.3) is 0 Å². The van der Waals surface area contributed by atoms with Crippen molar-refractivity contribution in [1.82, 2.24) is 0 Å². The molecule has 0 saturated heterocycles. The Morgan fingerprint density at radius 1 is 0.975 bits per heavy atom. The van der Waals surface area contributed by atoms with Gasteiger partial charge in [0.05, 0.1) is 41.4 Å². The lowest BCUT2D eigenvalue weighted by atomic mass is 9.66. The zero-order chi connectivity index (χ0) is 28.7. The summed E-state index contributed by atoms with van der Waals surface area (Å²) in [4.78, 5) is 27.0. The Balaban J connectivity index is 1.71. The van der Waals surface area contributed by atoms with Crippen LogP contribution in [0.25, 0.3) is 10.8 Å². The molecule has 6 rings (SSSR count). The van der Waals surface area contributed by atoms with Gasteiger partial charge in [0.2, 0.25) is 0 Å². The van der Waals surface area contributed by atoms with Gasteiger partial charge in [-0.1, -0.05) is 24.3 Å². The maximum Gasteiger partial charge on any atom is 0.195 e. The highest BCUT2D eigenvalue weighted by Gasteiger charge is 2.52. The molecule has 0 aromatic heterocycles. The first-order chi connectivity index (χ1) is 18.9. The van der Waals surface area contributed by atoms with Crippen LogP contribution in [0, 0.1) is 0 Å². The molecule has 1 unspecified atom stereocenters. The van der Waals surface area contributed by atoms with Crippen molar-refractivity contribution in [3.8, 4) is 17.2 Å². The van der Waals surface area contributed by atoms with E-state index >= 15 is 0 Å². The first kappa shape index (κ1) is 26.5. The van der Waals surface area contributed by atoms with Crippen LogP contribution in [0.1, 0.15) is 71.0 Å². The molecular weight excluding hydrogens is 512 g/mol. The zero-order valence-electron chi connectivity index (χ0n) is 23.1. The molecule has 0 fully saturated rings. The van der Waals surface area contributed by atoms with Gasteiger partial charge in [-0.2, -0.15) is 0 Å². The van der Waals surface area contributed by atoms with E-state index in [0.717, 1.165) is 0 Å². The van der Waals surface area contributed by atoms with E-state index in [1.165, 1.54) is 14.2 Å². The number of hydrogen-bond donors (Lipinski definition) is 3. The Bertz CT molecular complexity index is 1650. The van der Waals surface area contributed by atoms with E-state index in [9.17, 15) is 24.9 Å². The van der Waals surface area contributed by atoms with Crippen LogP contribution in [0.2, 0.25) is 0 Å². The molecule has 0 saturated carbocycles. The molecule has 2 aliphatic carbocycles. The molecule has 3 aromatic rings. The Labute approximate surface area is 231 Å². The third-order valence-corrected chi connectivity index (χ3v) is 8.59. The number of rotatable bonds is 3. The monoisotopic (exact) mass is 544 g/mol. The number of ether oxygens (including phenoxy) is 3. The van der Waals surface area contributed by atoms with Gasteiger partial charge in [-0.3, -0.25) is 9.59 Å². The molecule has 3 aromatic carbocycles. The summed E-state index contributed by atoms with van der Waals surface area (Å²) < 4.78 is 18.0. The fraction of sp³-hybridized carbons (Fsp3) is 0.375. The number of carbonyl (C=O) groups excluding carboxylic acids is 2. The van der Waals surface area contributed by atoms with Gasteiger partial charge in [-0.05, 0) is 55.8 Å². The predicted octanol–water partition coefficient (Wildman–Crippen LogP) is 4.72. The molecule has 3 N–H and O–H groups in total. The van der Waals surface area contributed by atoms with Gasteiger partial charge in [0, 0.05) is 36.7 Å². The quantitative estimate of drug-likeness (QED) is 0.433. The zero-order valence-corrected chi connectivity index (χ0v) is 23.1. The molecule has 0 amide bonds. The van der Waals surface area contributed by atoms with E-state index in [4.69, 9.17) is 14.2 Å². The van der Waals surface area contributed by atoms with E-state index in [2.05, 4.69) is 0 Å². The van der Waals surface area contributed by atoms with Crippen LogP contribution in [0.4, 0.5) is 0 Å². The van der Waals surface area contributed by atoms with Crippen molar-refractivity contribution in [2.75, 3.05) is 14.2 Å². The minimum atomic E-state index is -1.41. The molecule has 208 valence electrons. The van der Waals surface area contributed by atoms with E-state index in [-0.39, 0.29) is 47.2 Å². The lowest BCUT2D eigenvalue weighted by Crippen LogP contribution is -2.45. The third-order valence-electron chi connectivity index (χ3n) is 8.59. The number of phenolic OH excluding ortho intramolecular Hbond substituents is 2. The SMILES string of the molecule is COc1cccc2c1C(=O)C1=C(C[C@H](C)O[C@@H]1C)C2(OC)c1ccc2cc3c(c(O)c2c1O)C(=O)C[C@@](C)(O)C3. The summed E-state index contributed by atoms with van der Waals surface area (Å²) in [5.41, 5.74) is 0.276. The van der Waals surface area contributed by atoms with Crippen LogP contribution in [-0.4, -0.2) is 58.9 Å². The van der Waals surface area contributed by atoms with Crippen LogP contribution in [0.5, 0.6) is 17.2 Å². The van der Waals surface area contributed by atoms with Gasteiger partial charge < -0.3 is 29.5 Å². The molecular formula is C32H32O8. The van der Waals surface area contributed by atoms with Crippen molar-refractivity contribution in [3.63, 3.8) is 0 Å². The number of hydrogen-bond acceptors (Lipinski definition) is 8. The number of phenols is 2. The van der Waals surface area contributed by atoms with E-state index < -0.39 is 23.1 Å². The summed E-state index contributed by atoms with van der Waals surface area (Å²) in [6.07, 6.45) is -0.326. The molecule has 3 aliphatic rings. The van der Waals surface area contributed by atoms with E-state index in [1.807, 2.05) is 13.8 Å². The molecule has 8 heteroatoms. The van der Waals surface area contributed by atoms with Gasteiger partial charge in [0.1, 0.15) is 22.8 Å². The number of fused-ring (bicyclic) bond motifs is 3. The van der Waals surface area contributed by atoms with Crippen LogP contribution < -0.4 is 4.74 Å². The van der Waals surface area contributed by atoms with Crippen molar-refractivity contribution in [3.05, 3.63) is 75.4 Å². The highest BCUT2D eigenvalue weighted by molar-refractivity contribution is 6.15. The van der Waals surface area contributed by atoms with E-state index in [0.29, 0.717) is 51.0 Å². The second-order valence-electron chi connectivity index (χ2n) is 11.4. The highest BCUT2D eigenvalue weighted by Crippen LogP contribution is 2.56. The summed E-state index contributed by atoms with van der Waals surface area (Å²) in [5, 5.41) is 34.6. The van der Waals surface area contributed by atoms with Crippen molar-refractivity contribution < 1.29 is 39.1 Å². The van der Waals surface area contributed by atoms with Gasteiger partial charge in [-0.15, -0.1) is 0 Å². The fourth-order valence-electron chi connectivity index (χ4n) is 7.09. The average Bonchev–Trinajstić information content (AvgIpc) is 2.88. The van der Waals surface area contributed by atoms with Crippen LogP contribution in [0.3, 0.4) is 0 Å². The lowest BCUT2D eigenvalue weighted by Gasteiger charge is -2.46. The van der Waals surface area contributed by atoms with Crippen LogP contribution >= 0.6 is 0 Å². The smallest absolute Gasteiger partial charge is 0.195 e. The maximum absolute atomic E-state index is 13.9. The highest BCUT2D eigenvalue weighted by atomic mass is 16.5. The molecule has 40 heavy (non-hydrogen) atoms. The molecule has 1 aliphatic heterocycles. The predicted molar refractivity (Wildman–Crippen MR) is 147 cm³/mol. The summed E-state index contributed by atoms with van der Waals surface area (Å²) in [7, 11) is 3.02. The second-order valence-corrected chi connectivity index (χ2v) is 11.4. The molecule has 1 heterocycles. The number of aliphatic hydroxyl groups is 1. The largest absolute Gasteiger partial charge is 0.507 e. The number of carbonyl (C=O) groups is 2. The van der Waals surface area contributed by atoms with Gasteiger partial charge in [0.15, 0.2) is 11.6 Å². The number of benzene rings is 3. The Hall–Kier alpha value is -3.72. The average molecular weight is 545 g/mol. The Morgan fingerprint density at radius 3 is 2.42 bits per heavy atom.